The summed E-state index contributed by atoms with van der Waals surface area (Å²) in [5.74, 6) is 1.49. The molecule has 0 aliphatic carbocycles. The van der Waals surface area contributed by atoms with Crippen molar-refractivity contribution in [2.75, 3.05) is 25.2 Å². The van der Waals surface area contributed by atoms with Crippen molar-refractivity contribution in [1.82, 2.24) is 24.9 Å². The van der Waals surface area contributed by atoms with Crippen molar-refractivity contribution < 1.29 is 14.3 Å². The predicted molar refractivity (Wildman–Crippen MR) is 139 cm³/mol. The zero-order valence-corrected chi connectivity index (χ0v) is 20.8. The highest BCUT2D eigenvalue weighted by molar-refractivity contribution is 5.91. The summed E-state index contributed by atoms with van der Waals surface area (Å²) in [6.07, 6.45) is 5.70. The largest absolute Gasteiger partial charge is 0.488 e. The number of carbonyl (C=O) groups is 1. The standard InChI is InChI=1S/C27H29N7O3/c1-16-8-22(24(13-29-16)37-21-10-18-14-36-15-19(11-21)30-18)17-6-7-34-20(9-17)12-26(32-34)33(2)25-5-3-4-23(31-25)27(28)35/h3-9,12-13,18-19,21,30H,10-11,14-15H2,1-2H3,(H2,28,35). The van der Waals surface area contributed by atoms with Crippen molar-refractivity contribution >= 4 is 23.1 Å². The van der Waals surface area contributed by atoms with Gasteiger partial charge in [0.05, 0.1) is 24.9 Å². The molecule has 2 aliphatic rings. The minimum Gasteiger partial charge on any atom is -0.488 e. The molecular weight excluding hydrogens is 470 g/mol. The number of piperidine rings is 1. The Kier molecular flexibility index (Phi) is 5.97. The molecule has 10 heteroatoms. The van der Waals surface area contributed by atoms with Crippen LogP contribution >= 0.6 is 0 Å². The Morgan fingerprint density at radius 1 is 1.16 bits per heavy atom. The van der Waals surface area contributed by atoms with Crippen LogP contribution in [0.2, 0.25) is 0 Å². The highest BCUT2D eigenvalue weighted by atomic mass is 16.5. The maximum atomic E-state index is 11.6. The molecule has 2 saturated heterocycles. The smallest absolute Gasteiger partial charge is 0.267 e. The summed E-state index contributed by atoms with van der Waals surface area (Å²) in [5, 5.41) is 8.30. The average molecular weight is 500 g/mol. The van der Waals surface area contributed by atoms with Gasteiger partial charge in [-0.15, -0.1) is 5.10 Å². The Hall–Kier alpha value is -4.02. The Labute approximate surface area is 214 Å². The fourth-order valence-electron chi connectivity index (χ4n) is 5.10. The number of rotatable bonds is 6. The zero-order valence-electron chi connectivity index (χ0n) is 20.8. The minimum atomic E-state index is -0.568. The van der Waals surface area contributed by atoms with Gasteiger partial charge in [-0.1, -0.05) is 6.07 Å². The van der Waals surface area contributed by atoms with Crippen LogP contribution in [0.1, 0.15) is 29.0 Å². The Bertz CT molecular complexity index is 1460. The van der Waals surface area contributed by atoms with Crippen LogP contribution in [0.3, 0.4) is 0 Å². The highest BCUT2D eigenvalue weighted by Crippen LogP contribution is 2.34. The van der Waals surface area contributed by atoms with E-state index in [1.807, 2.05) is 54.0 Å². The lowest BCUT2D eigenvalue weighted by atomic mass is 9.94. The number of nitrogens with two attached hydrogens (primary N) is 1. The van der Waals surface area contributed by atoms with Gasteiger partial charge >= 0.3 is 0 Å². The van der Waals surface area contributed by atoms with Crippen LogP contribution in [0.4, 0.5) is 11.6 Å². The molecule has 6 heterocycles. The van der Waals surface area contributed by atoms with Crippen LogP contribution in [-0.2, 0) is 4.74 Å². The Morgan fingerprint density at radius 3 is 2.76 bits per heavy atom. The summed E-state index contributed by atoms with van der Waals surface area (Å²) in [7, 11) is 1.85. The third-order valence-electron chi connectivity index (χ3n) is 6.94. The molecule has 2 aliphatic heterocycles. The number of nitrogens with zero attached hydrogens (tertiary/aromatic N) is 5. The van der Waals surface area contributed by atoms with E-state index in [-0.39, 0.29) is 11.8 Å². The molecule has 4 aromatic rings. The number of pyridine rings is 3. The number of aryl methyl sites for hydroxylation is 1. The van der Waals surface area contributed by atoms with E-state index in [9.17, 15) is 4.79 Å². The average Bonchev–Trinajstić information content (AvgIpc) is 3.32. The molecule has 2 atom stereocenters. The van der Waals surface area contributed by atoms with Crippen LogP contribution < -0.4 is 20.7 Å². The molecule has 0 radical (unpaired) electrons. The maximum Gasteiger partial charge on any atom is 0.267 e. The summed E-state index contributed by atoms with van der Waals surface area (Å²) < 4.78 is 14.0. The van der Waals surface area contributed by atoms with Gasteiger partial charge in [0.2, 0.25) is 0 Å². The van der Waals surface area contributed by atoms with Gasteiger partial charge in [-0.3, -0.25) is 9.78 Å². The molecule has 190 valence electrons. The maximum absolute atomic E-state index is 11.6. The fraction of sp³-hybridized carbons (Fsp3) is 0.333. The van der Waals surface area contributed by atoms with E-state index in [1.54, 1.807) is 12.1 Å². The summed E-state index contributed by atoms with van der Waals surface area (Å²) in [5.41, 5.74) is 9.47. The molecule has 0 spiro atoms. The van der Waals surface area contributed by atoms with Crippen molar-refractivity contribution in [2.24, 2.45) is 5.73 Å². The Balaban J connectivity index is 1.29. The van der Waals surface area contributed by atoms with E-state index in [2.05, 4.69) is 32.5 Å². The van der Waals surface area contributed by atoms with E-state index in [0.29, 0.717) is 23.7 Å². The molecular formula is C27H29N7O3. The second-order valence-electron chi connectivity index (χ2n) is 9.72. The molecule has 10 nitrogen and oxygen atoms in total. The first-order valence-electron chi connectivity index (χ1n) is 12.4. The first kappa shape index (κ1) is 23.4. The number of ether oxygens (including phenoxy) is 2. The number of fused-ring (bicyclic) bond motifs is 3. The van der Waals surface area contributed by atoms with Crippen molar-refractivity contribution in [3.05, 3.63) is 66.2 Å². The SMILES string of the molecule is Cc1cc(-c2ccn3nc(N(C)c4cccc(C(N)=O)n4)cc3c2)c(OC2CC3COCC(C2)N3)cn1. The number of amides is 1. The molecule has 3 N–H and O–H groups in total. The minimum absolute atomic E-state index is 0.117. The number of hydrogen-bond acceptors (Lipinski definition) is 8. The van der Waals surface area contributed by atoms with Crippen molar-refractivity contribution in [3.63, 3.8) is 0 Å². The molecule has 0 saturated carbocycles. The second kappa shape index (κ2) is 9.45. The number of hydrogen-bond donors (Lipinski definition) is 2. The number of anilines is 2. The van der Waals surface area contributed by atoms with Crippen molar-refractivity contribution in [2.45, 2.75) is 38.0 Å². The summed E-state index contributed by atoms with van der Waals surface area (Å²) >= 11 is 0. The van der Waals surface area contributed by atoms with Gasteiger partial charge in [-0.2, -0.15) is 0 Å². The number of morpholine rings is 1. The first-order valence-corrected chi connectivity index (χ1v) is 12.4. The van der Waals surface area contributed by atoms with Gasteiger partial charge in [0, 0.05) is 55.5 Å². The first-order chi connectivity index (χ1) is 17.9. The van der Waals surface area contributed by atoms with Gasteiger partial charge in [0.1, 0.15) is 23.4 Å². The van der Waals surface area contributed by atoms with Gasteiger partial charge in [-0.25, -0.2) is 9.50 Å². The molecule has 2 bridgehead atoms. The highest BCUT2D eigenvalue weighted by Gasteiger charge is 2.33. The molecule has 2 unspecified atom stereocenters. The lowest BCUT2D eigenvalue weighted by molar-refractivity contribution is -0.0122. The molecule has 6 rings (SSSR count). The quantitative estimate of drug-likeness (QED) is 0.416. The Morgan fingerprint density at radius 2 is 1.97 bits per heavy atom. The van der Waals surface area contributed by atoms with Crippen LogP contribution in [0, 0.1) is 6.92 Å². The number of primary amides is 1. The number of carbonyl (C=O) groups excluding carboxylic acids is 1. The monoisotopic (exact) mass is 499 g/mol. The molecule has 0 aromatic carbocycles. The summed E-state index contributed by atoms with van der Waals surface area (Å²) in [6, 6.07) is 14.0. The van der Waals surface area contributed by atoms with Crippen molar-refractivity contribution in [1.29, 1.82) is 0 Å². The van der Waals surface area contributed by atoms with E-state index in [0.717, 1.165) is 54.1 Å². The van der Waals surface area contributed by atoms with E-state index >= 15 is 0 Å². The fourth-order valence-corrected chi connectivity index (χ4v) is 5.10. The third-order valence-corrected chi connectivity index (χ3v) is 6.94. The zero-order chi connectivity index (χ0) is 25.5. The predicted octanol–water partition coefficient (Wildman–Crippen LogP) is 2.86. The second-order valence-corrected chi connectivity index (χ2v) is 9.72. The van der Waals surface area contributed by atoms with Crippen LogP contribution in [0.25, 0.3) is 16.6 Å². The van der Waals surface area contributed by atoms with E-state index in [4.69, 9.17) is 15.2 Å². The number of nitrogens with one attached hydrogen (secondary N) is 1. The lowest BCUT2D eigenvalue weighted by Crippen LogP contribution is -2.56. The van der Waals surface area contributed by atoms with Gasteiger partial charge < -0.3 is 25.4 Å². The summed E-state index contributed by atoms with van der Waals surface area (Å²) in [4.78, 5) is 22.2. The van der Waals surface area contributed by atoms with E-state index in [1.165, 1.54) is 0 Å². The molecule has 37 heavy (non-hydrogen) atoms. The lowest BCUT2D eigenvalue weighted by Gasteiger charge is -2.40. The topological polar surface area (TPSA) is 120 Å². The van der Waals surface area contributed by atoms with Gasteiger partial charge in [0.15, 0.2) is 5.82 Å². The van der Waals surface area contributed by atoms with Gasteiger partial charge in [0.25, 0.3) is 5.91 Å². The van der Waals surface area contributed by atoms with E-state index < -0.39 is 5.91 Å². The van der Waals surface area contributed by atoms with Crippen LogP contribution in [0.15, 0.2) is 54.9 Å². The van der Waals surface area contributed by atoms with Crippen LogP contribution in [-0.4, -0.2) is 63.9 Å². The third kappa shape index (κ3) is 4.73. The summed E-state index contributed by atoms with van der Waals surface area (Å²) in [6.45, 7) is 3.44. The van der Waals surface area contributed by atoms with Crippen LogP contribution in [0.5, 0.6) is 5.75 Å². The van der Waals surface area contributed by atoms with Gasteiger partial charge in [-0.05, 0) is 42.8 Å². The number of aromatic nitrogens is 4. The molecule has 4 aromatic heterocycles. The normalized spacial score (nSPS) is 21.1. The van der Waals surface area contributed by atoms with Crippen molar-refractivity contribution in [3.8, 4) is 16.9 Å². The molecule has 1 amide bonds. The molecule has 2 fully saturated rings.